The standard InChI is InChI=1S/C84H172O6S2Si/c1-6-11-16-21-26-31-36-38-39-43-48-55-62-69-77-86-84(82-92,90-83(74-81-91)73-66-59-52-45-41-40-42-47-54-61-68-76-85-75-67-60-53-46-33-28-23-18-13-8-3)93(87-78-70-63-56-49-34-29-24-19-14-9-4,88-79-71-64-57-50-35-30-25-20-15-10-5)89-80-72-65-58-51-44-37-32-27-22-17-12-7-2/h83,91-92H,6-82H2,1-5H3. The topological polar surface area (TPSA) is 55.4 Å². The lowest BCUT2D eigenvalue weighted by atomic mass is 10.0. The minimum Gasteiger partial charge on any atom is -0.381 e. The lowest BCUT2D eigenvalue weighted by Gasteiger charge is -2.45. The molecule has 0 radical (unpaired) electrons. The molecule has 0 aliphatic rings. The summed E-state index contributed by atoms with van der Waals surface area (Å²) in [6, 6.07) is 0. The van der Waals surface area contributed by atoms with E-state index in [1.54, 1.807) is 0 Å². The molecule has 0 aliphatic heterocycles. The highest BCUT2D eigenvalue weighted by molar-refractivity contribution is 7.80. The van der Waals surface area contributed by atoms with E-state index < -0.39 is 14.2 Å². The second-order valence-electron chi connectivity index (χ2n) is 29.4. The summed E-state index contributed by atoms with van der Waals surface area (Å²) in [5, 5.41) is 0. The number of hydrogen-bond donors (Lipinski definition) is 2. The molecule has 2 atom stereocenters. The molecule has 9 heteroatoms. The van der Waals surface area contributed by atoms with Crippen molar-refractivity contribution in [3.63, 3.8) is 0 Å². The predicted octanol–water partition coefficient (Wildman–Crippen LogP) is 29.5. The number of thiol groups is 2. The van der Waals surface area contributed by atoms with Gasteiger partial charge in [0.05, 0.1) is 12.7 Å². The first-order valence-electron chi connectivity index (χ1n) is 43.1. The zero-order valence-electron chi connectivity index (χ0n) is 64.4. The van der Waals surface area contributed by atoms with Gasteiger partial charge >= 0.3 is 8.80 Å². The second kappa shape index (κ2) is 80.0. The average molecular weight is 1370 g/mol. The van der Waals surface area contributed by atoms with E-state index in [0.717, 1.165) is 63.9 Å². The first-order chi connectivity index (χ1) is 46.0. The van der Waals surface area contributed by atoms with Gasteiger partial charge < -0.3 is 27.5 Å². The van der Waals surface area contributed by atoms with E-state index in [0.29, 0.717) is 32.2 Å². The Kier molecular flexibility index (Phi) is 80.6. The summed E-state index contributed by atoms with van der Waals surface area (Å²) >= 11 is 10.2. The predicted molar refractivity (Wildman–Crippen MR) is 423 cm³/mol. The molecule has 0 aromatic rings. The summed E-state index contributed by atoms with van der Waals surface area (Å²) < 4.78 is 43.4. The summed E-state index contributed by atoms with van der Waals surface area (Å²) in [5.74, 6) is 1.13. The van der Waals surface area contributed by atoms with Crippen LogP contribution in [-0.2, 0) is 27.5 Å². The van der Waals surface area contributed by atoms with Crippen LogP contribution in [0.2, 0.25) is 0 Å². The average Bonchev–Trinajstić information content (AvgIpc) is 0.783. The van der Waals surface area contributed by atoms with Gasteiger partial charge in [0.15, 0.2) is 0 Å². The zero-order chi connectivity index (χ0) is 67.3. The molecule has 0 bridgehead atoms. The van der Waals surface area contributed by atoms with Gasteiger partial charge in [0.1, 0.15) is 0 Å². The number of ether oxygens (including phenoxy) is 3. The van der Waals surface area contributed by atoms with Crippen molar-refractivity contribution in [2.75, 3.05) is 51.1 Å². The molecule has 0 aliphatic carbocycles. The minimum absolute atomic E-state index is 0.0277. The fourth-order valence-electron chi connectivity index (χ4n) is 13.7. The third-order valence-corrected chi connectivity index (χ3v) is 24.2. The first kappa shape index (κ1) is 93.7. The zero-order valence-corrected chi connectivity index (χ0v) is 67.2. The molecule has 0 rings (SSSR count). The molecular formula is C84H172O6S2Si. The van der Waals surface area contributed by atoms with Crippen molar-refractivity contribution in [1.29, 1.82) is 0 Å². The summed E-state index contributed by atoms with van der Waals surface area (Å²) in [4.78, 5) is 0. The van der Waals surface area contributed by atoms with Gasteiger partial charge in [0.2, 0.25) is 5.41 Å². The van der Waals surface area contributed by atoms with Crippen LogP contribution in [0.4, 0.5) is 0 Å². The van der Waals surface area contributed by atoms with Crippen LogP contribution < -0.4 is 0 Å². The Bertz CT molecular complexity index is 1320. The van der Waals surface area contributed by atoms with Gasteiger partial charge in [-0.1, -0.05) is 426 Å². The molecule has 0 N–H and O–H groups in total. The molecule has 0 saturated carbocycles. The molecule has 0 spiro atoms. The van der Waals surface area contributed by atoms with E-state index in [9.17, 15) is 0 Å². The van der Waals surface area contributed by atoms with Gasteiger partial charge in [-0.2, -0.15) is 25.3 Å². The van der Waals surface area contributed by atoms with Gasteiger partial charge in [-0.3, -0.25) is 0 Å². The molecule has 6 nitrogen and oxygen atoms in total. The number of unbranched alkanes of at least 4 members (excludes halogenated alkanes) is 61. The van der Waals surface area contributed by atoms with Crippen molar-refractivity contribution >= 4 is 34.1 Å². The van der Waals surface area contributed by atoms with Gasteiger partial charge in [0.25, 0.3) is 0 Å². The molecule has 0 aromatic heterocycles. The minimum atomic E-state index is -3.71. The third-order valence-electron chi connectivity index (χ3n) is 20.1. The van der Waals surface area contributed by atoms with Crippen molar-refractivity contribution in [1.82, 2.24) is 0 Å². The van der Waals surface area contributed by atoms with E-state index in [2.05, 4.69) is 34.6 Å². The Morgan fingerprint density at radius 1 is 0.237 bits per heavy atom. The van der Waals surface area contributed by atoms with E-state index in [-0.39, 0.29) is 6.10 Å². The molecule has 0 saturated heterocycles. The number of rotatable bonds is 85. The molecule has 0 amide bonds. The Morgan fingerprint density at radius 2 is 0.441 bits per heavy atom. The van der Waals surface area contributed by atoms with Crippen molar-refractivity contribution in [2.45, 2.75) is 489 Å². The molecule has 0 aromatic carbocycles. The molecular weight excluding hydrogens is 1200 g/mol. The Balaban J connectivity index is 6.10. The van der Waals surface area contributed by atoms with Gasteiger partial charge in [-0.15, -0.1) is 0 Å². The van der Waals surface area contributed by atoms with Crippen LogP contribution in [0.25, 0.3) is 0 Å². The lowest BCUT2D eigenvalue weighted by Crippen LogP contribution is -2.70. The van der Waals surface area contributed by atoms with Gasteiger partial charge in [-0.25, -0.2) is 0 Å². The number of hydrogen-bond acceptors (Lipinski definition) is 8. The Labute approximate surface area is 598 Å². The van der Waals surface area contributed by atoms with Gasteiger partial charge in [0, 0.05) is 38.8 Å². The second-order valence-corrected chi connectivity index (χ2v) is 32.9. The molecule has 2 unspecified atom stereocenters. The fraction of sp³-hybridized carbons (Fsp3) is 1.00. The monoisotopic (exact) mass is 1370 g/mol. The maximum Gasteiger partial charge on any atom is 0.564 e. The van der Waals surface area contributed by atoms with Crippen molar-refractivity contribution in [2.24, 2.45) is 0 Å². The van der Waals surface area contributed by atoms with Crippen LogP contribution in [0.3, 0.4) is 0 Å². The highest BCUT2D eigenvalue weighted by Crippen LogP contribution is 2.36. The normalized spacial score (nSPS) is 13.1. The highest BCUT2D eigenvalue weighted by Gasteiger charge is 2.65. The van der Waals surface area contributed by atoms with Crippen molar-refractivity contribution < 1.29 is 27.5 Å². The van der Waals surface area contributed by atoms with E-state index in [4.69, 9.17) is 52.7 Å². The van der Waals surface area contributed by atoms with Gasteiger partial charge in [-0.05, 0) is 57.1 Å². The largest absolute Gasteiger partial charge is 0.564 e. The van der Waals surface area contributed by atoms with E-state index in [1.165, 1.54) is 398 Å². The molecule has 0 heterocycles. The van der Waals surface area contributed by atoms with Crippen LogP contribution in [0, 0.1) is 0 Å². The molecule has 560 valence electrons. The van der Waals surface area contributed by atoms with Crippen LogP contribution in [0.1, 0.15) is 478 Å². The quantitative estimate of drug-likeness (QED) is 0.0274. The van der Waals surface area contributed by atoms with Crippen LogP contribution in [0.5, 0.6) is 0 Å². The van der Waals surface area contributed by atoms with Crippen LogP contribution in [0.15, 0.2) is 0 Å². The third kappa shape index (κ3) is 64.5. The maximum atomic E-state index is 7.66. The summed E-state index contributed by atoms with van der Waals surface area (Å²) in [7, 11) is -3.71. The smallest absolute Gasteiger partial charge is 0.381 e. The highest BCUT2D eigenvalue weighted by atomic mass is 32.1. The Hall–Kier alpha value is 0.677. The maximum absolute atomic E-state index is 7.66. The fourth-order valence-corrected chi connectivity index (χ4v) is 17.7. The first-order valence-corrected chi connectivity index (χ1v) is 46.1. The Morgan fingerprint density at radius 3 is 0.667 bits per heavy atom. The van der Waals surface area contributed by atoms with Crippen LogP contribution in [-0.4, -0.2) is 71.5 Å². The molecule has 0 fully saturated rings. The SMILES string of the molecule is CCCCCCCCCCCCCCCCOC(CS)(OC(CCS)CCCCCCCCCCCCCOCCCCCCCCCCCC)[Si](OCCCCCCCCCCCC)(OCCCCCCCCCCCC)OCCCCCCCCCCCCCC. The van der Waals surface area contributed by atoms with Crippen molar-refractivity contribution in [3.05, 3.63) is 0 Å². The summed E-state index contributed by atoms with van der Waals surface area (Å²) in [6.07, 6.45) is 90.4. The van der Waals surface area contributed by atoms with E-state index in [1.807, 2.05) is 0 Å². The summed E-state index contributed by atoms with van der Waals surface area (Å²) in [5.41, 5.74) is -1.19. The lowest BCUT2D eigenvalue weighted by molar-refractivity contribution is -0.235. The van der Waals surface area contributed by atoms with Crippen LogP contribution >= 0.6 is 25.3 Å². The molecule has 93 heavy (non-hydrogen) atoms. The van der Waals surface area contributed by atoms with Crippen molar-refractivity contribution in [3.8, 4) is 0 Å². The van der Waals surface area contributed by atoms with E-state index >= 15 is 0 Å². The summed E-state index contributed by atoms with van der Waals surface area (Å²) in [6.45, 7) is 15.9.